The summed E-state index contributed by atoms with van der Waals surface area (Å²) in [4.78, 5) is 11.5. The normalized spacial score (nSPS) is 20.0. The van der Waals surface area contributed by atoms with Gasteiger partial charge in [-0.05, 0) is 52.0 Å². The lowest BCUT2D eigenvalue weighted by molar-refractivity contribution is -0.141. The number of halogens is 4. The molecule has 0 amide bonds. The number of ether oxygens (including phenoxy) is 3. The molecule has 0 aromatic heterocycles. The van der Waals surface area contributed by atoms with E-state index < -0.39 is 11.7 Å². The summed E-state index contributed by atoms with van der Waals surface area (Å²) in [6, 6.07) is 8.02. The molecule has 0 N–H and O–H groups in total. The Hall–Kier alpha value is -2.22. The smallest absolute Gasteiger partial charge is 0.417 e. The standard InChI is InChI=1S/C21H18BrF3O4/c1-27-19(26)8-11-10-28-18-9-12(2-3-13(11)18)29-17-7-5-15-14(17)4-6-16(20(15)22)21(23,24)25/h2-4,6,9,11,17H,5,7-8,10H2,1H3/t11?,17-/m1/s1. The largest absolute Gasteiger partial charge is 0.492 e. The molecule has 0 saturated heterocycles. The molecule has 2 atom stereocenters. The van der Waals surface area contributed by atoms with Crippen molar-refractivity contribution in [2.75, 3.05) is 13.7 Å². The van der Waals surface area contributed by atoms with Crippen LogP contribution in [-0.4, -0.2) is 19.7 Å². The molecule has 2 aliphatic rings. The van der Waals surface area contributed by atoms with E-state index in [0.29, 0.717) is 36.5 Å². The maximum atomic E-state index is 13.1. The quantitative estimate of drug-likeness (QED) is 0.547. The summed E-state index contributed by atoms with van der Waals surface area (Å²) in [5, 5.41) is 0. The van der Waals surface area contributed by atoms with Crippen molar-refractivity contribution in [1.29, 1.82) is 0 Å². The molecule has 0 spiro atoms. The lowest BCUT2D eigenvalue weighted by atomic mass is 9.98. The summed E-state index contributed by atoms with van der Waals surface area (Å²) in [5.74, 6) is 0.883. The Bertz CT molecular complexity index is 958. The van der Waals surface area contributed by atoms with Crippen molar-refractivity contribution < 1.29 is 32.2 Å². The van der Waals surface area contributed by atoms with Crippen LogP contribution in [0.15, 0.2) is 34.8 Å². The van der Waals surface area contributed by atoms with Gasteiger partial charge in [-0.25, -0.2) is 0 Å². The van der Waals surface area contributed by atoms with Crippen molar-refractivity contribution in [3.8, 4) is 11.5 Å². The summed E-state index contributed by atoms with van der Waals surface area (Å²) in [7, 11) is 1.35. The lowest BCUT2D eigenvalue weighted by Gasteiger charge is -2.17. The molecule has 4 rings (SSSR count). The first-order valence-electron chi connectivity index (χ1n) is 9.16. The second-order valence-corrected chi connectivity index (χ2v) is 7.92. The number of hydrogen-bond donors (Lipinski definition) is 0. The number of fused-ring (bicyclic) bond motifs is 2. The molecule has 0 fully saturated rings. The molecule has 2 aromatic rings. The van der Waals surface area contributed by atoms with Gasteiger partial charge in [0.15, 0.2) is 0 Å². The number of benzene rings is 2. The van der Waals surface area contributed by atoms with E-state index in [1.54, 1.807) is 12.1 Å². The van der Waals surface area contributed by atoms with Crippen LogP contribution in [0.1, 0.15) is 47.1 Å². The van der Waals surface area contributed by atoms with Gasteiger partial charge in [0, 0.05) is 22.0 Å². The van der Waals surface area contributed by atoms with Crippen molar-refractivity contribution in [3.63, 3.8) is 0 Å². The number of esters is 1. The van der Waals surface area contributed by atoms with E-state index in [4.69, 9.17) is 14.2 Å². The van der Waals surface area contributed by atoms with Gasteiger partial charge in [0.2, 0.25) is 0 Å². The van der Waals surface area contributed by atoms with Gasteiger partial charge in [-0.3, -0.25) is 4.79 Å². The van der Waals surface area contributed by atoms with Gasteiger partial charge in [0.05, 0.1) is 25.7 Å². The molecule has 1 heterocycles. The Morgan fingerprint density at radius 1 is 1.24 bits per heavy atom. The fourth-order valence-corrected chi connectivity index (χ4v) is 4.70. The van der Waals surface area contributed by atoms with Crippen molar-refractivity contribution in [2.45, 2.75) is 37.5 Å². The van der Waals surface area contributed by atoms with Crippen LogP contribution in [0.3, 0.4) is 0 Å². The van der Waals surface area contributed by atoms with E-state index in [2.05, 4.69) is 15.9 Å². The molecule has 1 aliphatic carbocycles. The minimum Gasteiger partial charge on any atom is -0.492 e. The molecule has 29 heavy (non-hydrogen) atoms. The van der Waals surface area contributed by atoms with Gasteiger partial charge in [0.1, 0.15) is 17.6 Å². The number of hydrogen-bond acceptors (Lipinski definition) is 4. The number of rotatable bonds is 4. The average Bonchev–Trinajstić information content (AvgIpc) is 3.26. The fraction of sp³-hybridized carbons (Fsp3) is 0.381. The Labute approximate surface area is 174 Å². The van der Waals surface area contributed by atoms with Gasteiger partial charge >= 0.3 is 12.1 Å². The summed E-state index contributed by atoms with van der Waals surface area (Å²) < 4.78 is 55.9. The van der Waals surface area contributed by atoms with Crippen LogP contribution < -0.4 is 9.47 Å². The summed E-state index contributed by atoms with van der Waals surface area (Å²) in [5.41, 5.74) is 1.65. The van der Waals surface area contributed by atoms with Crippen molar-refractivity contribution in [1.82, 2.24) is 0 Å². The van der Waals surface area contributed by atoms with Crippen LogP contribution in [0, 0.1) is 0 Å². The lowest BCUT2D eigenvalue weighted by Crippen LogP contribution is -2.09. The van der Waals surface area contributed by atoms with Crippen molar-refractivity contribution in [3.05, 3.63) is 57.1 Å². The molecule has 0 bridgehead atoms. The predicted molar refractivity (Wildman–Crippen MR) is 102 cm³/mol. The van der Waals surface area contributed by atoms with Gasteiger partial charge in [-0.2, -0.15) is 13.2 Å². The van der Waals surface area contributed by atoms with Crippen LogP contribution >= 0.6 is 15.9 Å². The zero-order chi connectivity index (χ0) is 20.8. The second-order valence-electron chi connectivity index (χ2n) is 7.13. The number of methoxy groups -OCH3 is 1. The molecule has 0 saturated carbocycles. The third kappa shape index (κ3) is 3.82. The zero-order valence-electron chi connectivity index (χ0n) is 15.5. The van der Waals surface area contributed by atoms with Gasteiger partial charge < -0.3 is 14.2 Å². The van der Waals surface area contributed by atoms with E-state index >= 15 is 0 Å². The monoisotopic (exact) mass is 470 g/mol. The highest BCUT2D eigenvalue weighted by Gasteiger charge is 2.37. The minimum absolute atomic E-state index is 0.0598. The summed E-state index contributed by atoms with van der Waals surface area (Å²) in [6.07, 6.45) is -3.38. The zero-order valence-corrected chi connectivity index (χ0v) is 17.1. The summed E-state index contributed by atoms with van der Waals surface area (Å²) >= 11 is 3.12. The molecular weight excluding hydrogens is 453 g/mol. The second kappa shape index (κ2) is 7.55. The van der Waals surface area contributed by atoms with E-state index in [9.17, 15) is 18.0 Å². The van der Waals surface area contributed by atoms with E-state index in [-0.39, 0.29) is 28.9 Å². The van der Waals surface area contributed by atoms with Crippen molar-refractivity contribution in [2.24, 2.45) is 0 Å². The fourth-order valence-electron chi connectivity index (χ4n) is 3.91. The molecule has 1 aliphatic heterocycles. The highest BCUT2D eigenvalue weighted by atomic mass is 79.9. The molecule has 1 unspecified atom stereocenters. The van der Waals surface area contributed by atoms with Crippen LogP contribution in [0.2, 0.25) is 0 Å². The molecule has 154 valence electrons. The van der Waals surface area contributed by atoms with Crippen molar-refractivity contribution >= 4 is 21.9 Å². The van der Waals surface area contributed by atoms with Gasteiger partial charge in [-0.15, -0.1) is 0 Å². The third-order valence-corrected chi connectivity index (χ3v) is 6.28. The van der Waals surface area contributed by atoms with E-state index in [1.165, 1.54) is 13.2 Å². The first-order chi connectivity index (χ1) is 13.8. The van der Waals surface area contributed by atoms with Crippen LogP contribution in [-0.2, 0) is 22.1 Å². The Morgan fingerprint density at radius 2 is 2.00 bits per heavy atom. The average molecular weight is 471 g/mol. The molecule has 0 radical (unpaired) electrons. The number of carbonyl (C=O) groups is 1. The van der Waals surface area contributed by atoms with Crippen LogP contribution in [0.4, 0.5) is 13.2 Å². The topological polar surface area (TPSA) is 44.8 Å². The van der Waals surface area contributed by atoms with E-state index in [1.807, 2.05) is 6.07 Å². The Kier molecular flexibility index (Phi) is 5.23. The number of carbonyl (C=O) groups excluding carboxylic acids is 1. The Balaban J connectivity index is 1.53. The van der Waals surface area contributed by atoms with Gasteiger partial charge in [0.25, 0.3) is 0 Å². The highest BCUT2D eigenvalue weighted by molar-refractivity contribution is 9.10. The predicted octanol–water partition coefficient (Wildman–Crippen LogP) is 5.57. The molecular formula is C21H18BrF3O4. The minimum atomic E-state index is -4.40. The first-order valence-corrected chi connectivity index (χ1v) is 9.96. The maximum Gasteiger partial charge on any atom is 0.417 e. The number of alkyl halides is 3. The van der Waals surface area contributed by atoms with E-state index in [0.717, 1.165) is 17.2 Å². The maximum absolute atomic E-state index is 13.1. The first kappa shape index (κ1) is 20.1. The van der Waals surface area contributed by atoms with Gasteiger partial charge in [-0.1, -0.05) is 12.1 Å². The Morgan fingerprint density at radius 3 is 2.72 bits per heavy atom. The summed E-state index contributed by atoms with van der Waals surface area (Å²) in [6.45, 7) is 0.396. The molecule has 2 aromatic carbocycles. The molecule has 4 nitrogen and oxygen atoms in total. The van der Waals surface area contributed by atoms with Crippen LogP contribution in [0.25, 0.3) is 0 Å². The molecule has 8 heteroatoms. The highest BCUT2D eigenvalue weighted by Crippen LogP contribution is 2.45. The third-order valence-electron chi connectivity index (χ3n) is 5.37. The van der Waals surface area contributed by atoms with Crippen LogP contribution in [0.5, 0.6) is 11.5 Å². The SMILES string of the molecule is COC(=O)CC1COc2cc(O[C@@H]3CCc4c3ccc(C(F)(F)F)c4Br)ccc21.